The van der Waals surface area contributed by atoms with Crippen molar-refractivity contribution in [1.29, 1.82) is 0 Å². The quantitative estimate of drug-likeness (QED) is 0.361. The van der Waals surface area contributed by atoms with Gasteiger partial charge >= 0.3 is 5.97 Å². The minimum atomic E-state index is -0.712. The number of unbranched alkanes of at least 4 members (excludes halogenated alkanes) is 3. The van der Waals surface area contributed by atoms with Crippen LogP contribution in [0.2, 0.25) is 0 Å². The van der Waals surface area contributed by atoms with Gasteiger partial charge in [-0.15, -0.1) is 0 Å². The maximum Gasteiger partial charge on any atom is 0.303 e. The maximum atomic E-state index is 10.7. The Morgan fingerprint density at radius 2 is 1.42 bits per heavy atom. The van der Waals surface area contributed by atoms with Gasteiger partial charge in [0.25, 0.3) is 0 Å². The van der Waals surface area contributed by atoms with E-state index in [2.05, 4.69) is 67.4 Å². The van der Waals surface area contributed by atoms with Crippen molar-refractivity contribution in [2.45, 2.75) is 64.7 Å². The molecule has 33 heavy (non-hydrogen) atoms. The topological polar surface area (TPSA) is 75.4 Å². The van der Waals surface area contributed by atoms with Crippen LogP contribution in [0.1, 0.15) is 67.7 Å². The van der Waals surface area contributed by atoms with Crippen molar-refractivity contribution in [2.24, 2.45) is 4.99 Å². The van der Waals surface area contributed by atoms with Gasteiger partial charge in [0.15, 0.2) is 5.82 Å². The van der Waals surface area contributed by atoms with Crippen LogP contribution in [0.5, 0.6) is 0 Å². The lowest BCUT2D eigenvalue weighted by Gasteiger charge is -2.22. The molecule has 0 aliphatic carbocycles. The summed E-state index contributed by atoms with van der Waals surface area (Å²) in [4.78, 5) is 25.5. The zero-order chi connectivity index (χ0) is 23.2. The number of aliphatic carboxylic acids is 1. The van der Waals surface area contributed by atoms with Crippen LogP contribution in [0.25, 0.3) is 22.5 Å². The van der Waals surface area contributed by atoms with E-state index < -0.39 is 5.97 Å². The fourth-order valence-electron chi connectivity index (χ4n) is 4.29. The van der Waals surface area contributed by atoms with Crippen molar-refractivity contribution in [1.82, 2.24) is 9.97 Å². The van der Waals surface area contributed by atoms with E-state index in [1.807, 2.05) is 6.21 Å². The van der Waals surface area contributed by atoms with Gasteiger partial charge in [-0.2, -0.15) is 0 Å². The first-order valence-electron chi connectivity index (χ1n) is 11.8. The molecular formula is C28H31N3O2. The minimum absolute atomic E-state index is 0.256. The third-order valence-corrected chi connectivity index (χ3v) is 6.24. The molecule has 0 spiro atoms. The van der Waals surface area contributed by atoms with Crippen LogP contribution >= 0.6 is 0 Å². The fraction of sp³-hybridized carbons (Fsp3) is 0.357. The average molecular weight is 442 g/mol. The summed E-state index contributed by atoms with van der Waals surface area (Å²) in [5.41, 5.74) is 7.28. The first kappa shape index (κ1) is 22.8. The second-order valence-electron chi connectivity index (χ2n) is 8.95. The Morgan fingerprint density at radius 1 is 0.848 bits per heavy atom. The maximum absolute atomic E-state index is 10.7. The van der Waals surface area contributed by atoms with E-state index in [0.29, 0.717) is 5.92 Å². The summed E-state index contributed by atoms with van der Waals surface area (Å²) >= 11 is 0. The number of carboxylic acid groups (broad SMARTS) is 1. The summed E-state index contributed by atoms with van der Waals surface area (Å²) < 4.78 is 0. The number of benzene rings is 2. The van der Waals surface area contributed by atoms with Gasteiger partial charge in [-0.25, -0.2) is 15.0 Å². The monoisotopic (exact) mass is 441 g/mol. The molecule has 0 radical (unpaired) electrons. The van der Waals surface area contributed by atoms with E-state index >= 15 is 0 Å². The number of rotatable bonds is 9. The molecule has 1 aliphatic heterocycles. The van der Waals surface area contributed by atoms with Crippen LogP contribution < -0.4 is 0 Å². The Kier molecular flexibility index (Phi) is 7.28. The lowest BCUT2D eigenvalue weighted by Crippen LogP contribution is -2.10. The molecule has 5 heteroatoms. The van der Waals surface area contributed by atoms with Crippen molar-refractivity contribution in [3.63, 3.8) is 0 Å². The molecule has 3 aromatic rings. The lowest BCUT2D eigenvalue weighted by molar-refractivity contribution is -0.137. The van der Waals surface area contributed by atoms with Crippen molar-refractivity contribution >= 4 is 18.0 Å². The highest BCUT2D eigenvalue weighted by Gasteiger charge is 2.24. The second-order valence-corrected chi connectivity index (χ2v) is 8.95. The normalized spacial score (nSPS) is 14.8. The van der Waals surface area contributed by atoms with Crippen LogP contribution in [0, 0.1) is 13.8 Å². The van der Waals surface area contributed by atoms with Gasteiger partial charge in [-0.05, 0) is 33.1 Å². The lowest BCUT2D eigenvalue weighted by atomic mass is 9.92. The predicted octanol–water partition coefficient (Wildman–Crippen LogP) is 7.04. The van der Waals surface area contributed by atoms with Gasteiger partial charge in [0.2, 0.25) is 0 Å². The van der Waals surface area contributed by atoms with Gasteiger partial charge < -0.3 is 5.11 Å². The molecule has 1 N–H and O–H groups in total. The standard InChI is InChI=1S/C28H31N3O2/c1-19-9-13-22(14-10-19)25-26(23-15-11-20(2)12-16-23)31-28-27(30-25)21(17-18-29-28)7-5-3-4-6-8-24(32)33/h9-16,18,21H,3-8,17H2,1-2H3,(H,32,33). The number of aliphatic imine (C=N–C) groups is 1. The third kappa shape index (κ3) is 5.72. The number of carbonyl (C=O) groups is 1. The van der Waals surface area contributed by atoms with Crippen molar-refractivity contribution in [2.75, 3.05) is 0 Å². The summed E-state index contributed by atoms with van der Waals surface area (Å²) in [6.45, 7) is 4.17. The molecule has 2 aromatic carbocycles. The van der Waals surface area contributed by atoms with E-state index in [-0.39, 0.29) is 6.42 Å². The van der Waals surface area contributed by atoms with Crippen molar-refractivity contribution in [3.05, 3.63) is 65.4 Å². The largest absolute Gasteiger partial charge is 0.481 e. The van der Waals surface area contributed by atoms with E-state index in [0.717, 1.165) is 72.6 Å². The third-order valence-electron chi connectivity index (χ3n) is 6.24. The molecule has 4 rings (SSSR count). The molecule has 1 aliphatic rings. The van der Waals surface area contributed by atoms with Gasteiger partial charge in [0.05, 0.1) is 17.1 Å². The molecule has 5 nitrogen and oxygen atoms in total. The number of carboxylic acids is 1. The SMILES string of the molecule is Cc1ccc(-c2nc3c(nc2-c2ccc(C)cc2)C(CCCCCCC(=O)O)CC=N3)cc1. The fourth-order valence-corrected chi connectivity index (χ4v) is 4.29. The number of aromatic nitrogens is 2. The van der Waals surface area contributed by atoms with Crippen molar-refractivity contribution in [3.8, 4) is 22.5 Å². The molecule has 170 valence electrons. The zero-order valence-electron chi connectivity index (χ0n) is 19.4. The smallest absolute Gasteiger partial charge is 0.303 e. The summed E-state index contributed by atoms with van der Waals surface area (Å²) in [5, 5.41) is 8.81. The van der Waals surface area contributed by atoms with Crippen molar-refractivity contribution < 1.29 is 9.90 Å². The number of nitrogens with zero attached hydrogens (tertiary/aromatic N) is 3. The van der Waals surface area contributed by atoms with Crippen LogP contribution in [0.4, 0.5) is 5.82 Å². The Balaban J connectivity index is 1.63. The summed E-state index contributed by atoms with van der Waals surface area (Å²) in [6, 6.07) is 16.9. The molecule has 1 aromatic heterocycles. The molecule has 0 bridgehead atoms. The molecule has 0 saturated carbocycles. The summed E-state index contributed by atoms with van der Waals surface area (Å²) in [5.74, 6) is 0.306. The van der Waals surface area contributed by atoms with Crippen LogP contribution in [-0.2, 0) is 4.79 Å². The van der Waals surface area contributed by atoms with Gasteiger partial charge in [0, 0.05) is 29.7 Å². The highest BCUT2D eigenvalue weighted by atomic mass is 16.4. The Hall–Kier alpha value is -3.34. The number of hydrogen-bond acceptors (Lipinski definition) is 4. The molecule has 1 atom stereocenters. The molecule has 0 amide bonds. The van der Waals surface area contributed by atoms with E-state index in [9.17, 15) is 4.79 Å². The summed E-state index contributed by atoms with van der Waals surface area (Å²) in [7, 11) is 0. The molecule has 1 unspecified atom stereocenters. The van der Waals surface area contributed by atoms with Gasteiger partial charge in [0.1, 0.15) is 0 Å². The van der Waals surface area contributed by atoms with E-state index in [4.69, 9.17) is 15.1 Å². The molecular weight excluding hydrogens is 410 g/mol. The highest BCUT2D eigenvalue weighted by molar-refractivity contribution is 5.80. The van der Waals surface area contributed by atoms with Gasteiger partial charge in [-0.1, -0.05) is 78.9 Å². The first-order valence-corrected chi connectivity index (χ1v) is 11.8. The Labute approximate surface area is 195 Å². The Morgan fingerprint density at radius 3 is 2.03 bits per heavy atom. The molecule has 0 fully saturated rings. The van der Waals surface area contributed by atoms with E-state index in [1.54, 1.807) is 0 Å². The molecule has 2 heterocycles. The van der Waals surface area contributed by atoms with Crippen LogP contribution in [0.15, 0.2) is 53.5 Å². The number of fused-ring (bicyclic) bond motifs is 1. The predicted molar refractivity (Wildman–Crippen MR) is 133 cm³/mol. The van der Waals surface area contributed by atoms with Crippen LogP contribution in [0.3, 0.4) is 0 Å². The number of hydrogen-bond donors (Lipinski definition) is 1. The van der Waals surface area contributed by atoms with Gasteiger partial charge in [-0.3, -0.25) is 4.79 Å². The first-order chi connectivity index (χ1) is 16.0. The minimum Gasteiger partial charge on any atom is -0.481 e. The highest BCUT2D eigenvalue weighted by Crippen LogP contribution is 2.39. The molecule has 0 saturated heterocycles. The summed E-state index contributed by atoms with van der Waals surface area (Å²) in [6.07, 6.45) is 7.89. The van der Waals surface area contributed by atoms with Crippen LogP contribution in [-0.4, -0.2) is 27.3 Å². The zero-order valence-corrected chi connectivity index (χ0v) is 19.4. The Bertz CT molecular complexity index is 1140. The number of aryl methyl sites for hydroxylation is 2. The second kappa shape index (κ2) is 10.5. The van der Waals surface area contributed by atoms with E-state index in [1.165, 1.54) is 11.1 Å². The average Bonchev–Trinajstić information content (AvgIpc) is 2.81.